The van der Waals surface area contributed by atoms with E-state index in [0.717, 1.165) is 25.7 Å². The van der Waals surface area contributed by atoms with Gasteiger partial charge < -0.3 is 25.0 Å². The highest BCUT2D eigenvalue weighted by Gasteiger charge is 2.72. The molecule has 7 nitrogen and oxygen atoms in total. The molecule has 5 aliphatic rings. The Balaban J connectivity index is 1.11. The maximum atomic E-state index is 16.9. The van der Waals surface area contributed by atoms with Crippen molar-refractivity contribution in [2.45, 2.75) is 56.5 Å². The molecule has 0 radical (unpaired) electrons. The number of nitrogens with one attached hydrogen (secondary N) is 1. The summed E-state index contributed by atoms with van der Waals surface area (Å²) in [5, 5.41) is 15.4. The second-order valence-corrected chi connectivity index (χ2v) is 14.8. The number of ether oxygens (including phenoxy) is 1. The van der Waals surface area contributed by atoms with E-state index in [1.165, 1.54) is 18.2 Å². The van der Waals surface area contributed by atoms with Gasteiger partial charge in [-0.15, -0.1) is 6.42 Å². The minimum Gasteiger partial charge on any atom is -0.508 e. The van der Waals surface area contributed by atoms with Crippen molar-refractivity contribution in [1.82, 2.24) is 20.2 Å². The van der Waals surface area contributed by atoms with Crippen LogP contribution in [0.2, 0.25) is 0 Å². The lowest BCUT2D eigenvalue weighted by Crippen LogP contribution is -2.51. The first-order valence-electron chi connectivity index (χ1n) is 16.7. The van der Waals surface area contributed by atoms with Crippen LogP contribution in [0.15, 0.2) is 36.4 Å². The fraction of sp³-hybridized carbons (Fsp3) is 0.459. The Bertz CT molecular complexity index is 2030. The summed E-state index contributed by atoms with van der Waals surface area (Å²) in [6.07, 6.45) is 10.1. The third kappa shape index (κ3) is 4.78. The third-order valence-corrected chi connectivity index (χ3v) is 11.4. The molecule has 2 aliphatic carbocycles. The molecule has 3 aromatic carbocycles. The SMILES string of the molecule is C#Cc1cccc2cc(O)cc(-c3c(F)cc4c(N5CC6CCC(C5)N6)nc(OCC5(CN6CCC7(C6)CC7(F)F)CC5)nc4c3F)c12. The van der Waals surface area contributed by atoms with Crippen LogP contribution in [0.3, 0.4) is 0 Å². The van der Waals surface area contributed by atoms with Gasteiger partial charge in [-0.25, -0.2) is 17.6 Å². The van der Waals surface area contributed by atoms with E-state index in [1.54, 1.807) is 18.2 Å². The highest BCUT2D eigenvalue weighted by Crippen LogP contribution is 2.65. The van der Waals surface area contributed by atoms with Crippen molar-refractivity contribution in [1.29, 1.82) is 0 Å². The quantitative estimate of drug-likeness (QED) is 0.180. The Kier molecular flexibility index (Phi) is 6.51. The second kappa shape index (κ2) is 10.4. The lowest BCUT2D eigenvalue weighted by atomic mass is 9.93. The van der Waals surface area contributed by atoms with Gasteiger partial charge in [0.1, 0.15) is 22.9 Å². The van der Waals surface area contributed by atoms with Gasteiger partial charge in [-0.05, 0) is 68.3 Å². The number of terminal acetylenes is 1. The second-order valence-electron chi connectivity index (χ2n) is 14.8. The van der Waals surface area contributed by atoms with Crippen LogP contribution >= 0.6 is 0 Å². The maximum Gasteiger partial charge on any atom is 0.319 e. The summed E-state index contributed by atoms with van der Waals surface area (Å²) in [4.78, 5) is 13.5. The molecular formula is C37H35F4N5O2. The lowest BCUT2D eigenvalue weighted by Gasteiger charge is -2.34. The first kappa shape index (κ1) is 30.0. The molecule has 2 bridgehead atoms. The largest absolute Gasteiger partial charge is 0.508 e. The average molecular weight is 658 g/mol. The molecule has 3 atom stereocenters. The number of piperazine rings is 1. The molecule has 11 heteroatoms. The van der Waals surface area contributed by atoms with Crippen LogP contribution in [0.5, 0.6) is 11.8 Å². The molecule has 9 rings (SSSR count). The molecule has 0 amide bonds. The summed E-state index contributed by atoms with van der Waals surface area (Å²) in [6.45, 7) is 3.21. The van der Waals surface area contributed by atoms with Crippen molar-refractivity contribution >= 4 is 27.5 Å². The summed E-state index contributed by atoms with van der Waals surface area (Å²) in [6, 6.07) is 9.72. The van der Waals surface area contributed by atoms with Gasteiger partial charge in [-0.1, -0.05) is 18.1 Å². The van der Waals surface area contributed by atoms with Gasteiger partial charge in [0.15, 0.2) is 5.82 Å². The zero-order chi connectivity index (χ0) is 33.0. The maximum absolute atomic E-state index is 16.9. The minimum atomic E-state index is -2.57. The molecule has 3 unspecified atom stereocenters. The number of aromatic nitrogens is 2. The third-order valence-electron chi connectivity index (χ3n) is 11.4. The van der Waals surface area contributed by atoms with E-state index >= 15 is 8.78 Å². The number of likely N-dealkylation sites (tertiary alicyclic amines) is 1. The number of aromatic hydroxyl groups is 1. The van der Waals surface area contributed by atoms with Crippen LogP contribution in [0.25, 0.3) is 32.8 Å². The Hall–Kier alpha value is -4.14. The number of halogens is 4. The van der Waals surface area contributed by atoms with Gasteiger partial charge in [0, 0.05) is 72.0 Å². The molecule has 248 valence electrons. The highest BCUT2D eigenvalue weighted by atomic mass is 19.3. The summed E-state index contributed by atoms with van der Waals surface area (Å²) in [5.74, 6) is -1.43. The van der Waals surface area contributed by atoms with Crippen molar-refractivity contribution in [3.63, 3.8) is 0 Å². The van der Waals surface area contributed by atoms with E-state index < -0.39 is 23.0 Å². The van der Waals surface area contributed by atoms with Gasteiger partial charge in [0.2, 0.25) is 0 Å². The fourth-order valence-corrected chi connectivity index (χ4v) is 8.55. The summed E-state index contributed by atoms with van der Waals surface area (Å²) in [7, 11) is 0. The fourth-order valence-electron chi connectivity index (χ4n) is 8.55. The lowest BCUT2D eigenvalue weighted by molar-refractivity contribution is 0.0644. The van der Waals surface area contributed by atoms with Crippen molar-refractivity contribution < 1.29 is 27.4 Å². The van der Waals surface area contributed by atoms with E-state index in [4.69, 9.17) is 16.1 Å². The van der Waals surface area contributed by atoms with Crippen LogP contribution in [-0.4, -0.2) is 77.3 Å². The summed E-state index contributed by atoms with van der Waals surface area (Å²) >= 11 is 0. The molecule has 3 aliphatic heterocycles. The first-order chi connectivity index (χ1) is 23.1. The summed E-state index contributed by atoms with van der Waals surface area (Å²) in [5.41, 5.74) is -0.945. The zero-order valence-electron chi connectivity index (χ0n) is 26.3. The van der Waals surface area contributed by atoms with E-state index in [9.17, 15) is 13.9 Å². The van der Waals surface area contributed by atoms with E-state index in [1.807, 2.05) is 0 Å². The topological polar surface area (TPSA) is 73.8 Å². The highest BCUT2D eigenvalue weighted by molar-refractivity contribution is 6.04. The monoisotopic (exact) mass is 657 g/mol. The zero-order valence-corrected chi connectivity index (χ0v) is 26.3. The van der Waals surface area contributed by atoms with Crippen LogP contribution in [0, 0.1) is 34.8 Å². The Morgan fingerprint density at radius 3 is 2.52 bits per heavy atom. The van der Waals surface area contributed by atoms with Crippen molar-refractivity contribution in [2.75, 3.05) is 44.2 Å². The van der Waals surface area contributed by atoms with Gasteiger partial charge in [0.05, 0.1) is 17.6 Å². The number of benzene rings is 3. The minimum absolute atomic E-state index is 0.0113. The average Bonchev–Trinajstić information content (AvgIpc) is 3.81. The van der Waals surface area contributed by atoms with Crippen molar-refractivity contribution in [3.05, 3.63) is 53.6 Å². The molecular weight excluding hydrogens is 622 g/mol. The van der Waals surface area contributed by atoms with Crippen molar-refractivity contribution in [3.8, 4) is 35.2 Å². The molecule has 1 spiro atoms. The Morgan fingerprint density at radius 1 is 1.06 bits per heavy atom. The van der Waals surface area contributed by atoms with Crippen LogP contribution in [0.1, 0.15) is 44.1 Å². The number of nitrogens with zero attached hydrogens (tertiary/aromatic N) is 4. The van der Waals surface area contributed by atoms with Crippen molar-refractivity contribution in [2.24, 2.45) is 10.8 Å². The predicted molar refractivity (Wildman–Crippen MR) is 174 cm³/mol. The van der Waals surface area contributed by atoms with Gasteiger partial charge in [-0.2, -0.15) is 9.97 Å². The molecule has 2 saturated carbocycles. The predicted octanol–water partition coefficient (Wildman–Crippen LogP) is 6.25. The van der Waals surface area contributed by atoms with Crippen LogP contribution in [-0.2, 0) is 0 Å². The van der Waals surface area contributed by atoms with Crippen LogP contribution in [0.4, 0.5) is 23.4 Å². The number of hydrogen-bond donors (Lipinski definition) is 2. The molecule has 2 N–H and O–H groups in total. The van der Waals surface area contributed by atoms with E-state index in [0.29, 0.717) is 61.3 Å². The normalized spacial score (nSPS) is 26.8. The number of phenolic OH excluding ortho intramolecular Hbond substituents is 1. The standard InChI is InChI=1S/C37H35F4N5O2/c1-2-21-4-3-5-22-12-25(47)13-26(29(21)22)30-28(38)14-27-32(31(30)39)43-34(44-33(27)46-15-23-6-7-24(16-46)42-23)48-20-35(8-9-35)18-45-11-10-36(19-45)17-37(36,40)41/h1,3-5,12-14,23-24,42,47H,6-11,15-20H2. The van der Waals surface area contributed by atoms with E-state index in [-0.39, 0.29) is 64.3 Å². The number of fused-ring (bicyclic) bond motifs is 4. The van der Waals surface area contributed by atoms with Crippen LogP contribution < -0.4 is 15.0 Å². The van der Waals surface area contributed by atoms with Gasteiger partial charge in [-0.3, -0.25) is 0 Å². The van der Waals surface area contributed by atoms with Gasteiger partial charge >= 0.3 is 6.01 Å². The first-order valence-corrected chi connectivity index (χ1v) is 16.7. The molecule has 1 aromatic heterocycles. The van der Waals surface area contributed by atoms with E-state index in [2.05, 4.69) is 26.0 Å². The number of anilines is 1. The molecule has 5 fully saturated rings. The number of alkyl halides is 2. The Morgan fingerprint density at radius 2 is 1.83 bits per heavy atom. The molecule has 4 heterocycles. The number of rotatable bonds is 7. The Labute approximate surface area is 275 Å². The van der Waals surface area contributed by atoms with Gasteiger partial charge in [0.25, 0.3) is 5.92 Å². The molecule has 48 heavy (non-hydrogen) atoms. The summed E-state index contributed by atoms with van der Waals surface area (Å²) < 4.78 is 67.4. The molecule has 3 saturated heterocycles. The smallest absolute Gasteiger partial charge is 0.319 e. The number of hydrogen-bond acceptors (Lipinski definition) is 7. The molecule has 4 aromatic rings. The number of phenols is 1.